The van der Waals surface area contributed by atoms with Gasteiger partial charge >= 0.3 is 5.97 Å². The van der Waals surface area contributed by atoms with Crippen LogP contribution in [0.3, 0.4) is 0 Å². The zero-order chi connectivity index (χ0) is 15.6. The second kappa shape index (κ2) is 5.90. The van der Waals surface area contributed by atoms with Crippen molar-refractivity contribution in [3.05, 3.63) is 42.0 Å². The third-order valence-corrected chi connectivity index (χ3v) is 5.07. The fourth-order valence-electron chi connectivity index (χ4n) is 2.09. The van der Waals surface area contributed by atoms with Gasteiger partial charge in [0.2, 0.25) is 10.0 Å². The predicted molar refractivity (Wildman–Crippen MR) is 70.4 cm³/mol. The average Bonchev–Trinajstić information content (AvgIpc) is 2.47. The molecule has 1 aliphatic heterocycles. The number of rotatable bonds is 4. The minimum absolute atomic E-state index is 0.0380. The van der Waals surface area contributed by atoms with Crippen LogP contribution in [0, 0.1) is 5.92 Å². The molecular formula is C13H13F2NO4S. The minimum Gasteiger partial charge on any atom is -0.481 e. The molecular weight excluding hydrogens is 304 g/mol. The van der Waals surface area contributed by atoms with Crippen molar-refractivity contribution in [3.8, 4) is 0 Å². The zero-order valence-corrected chi connectivity index (χ0v) is 11.6. The maximum absolute atomic E-state index is 12.9. The first-order valence-corrected chi connectivity index (χ1v) is 7.54. The molecule has 0 saturated heterocycles. The van der Waals surface area contributed by atoms with Gasteiger partial charge in [0.05, 0.1) is 10.8 Å². The fraction of sp³-hybridized carbons (Fsp3) is 0.308. The number of carboxylic acids is 1. The SMILES string of the molecule is O=C(O)C1C=CCN(S(=O)(=O)c2ccccc2C(F)F)C1. The third-order valence-electron chi connectivity index (χ3n) is 3.17. The number of carboxylic acid groups (broad SMARTS) is 1. The highest BCUT2D eigenvalue weighted by Gasteiger charge is 2.33. The van der Waals surface area contributed by atoms with E-state index in [1.165, 1.54) is 24.3 Å². The molecule has 0 bridgehead atoms. The van der Waals surface area contributed by atoms with Crippen LogP contribution in [0.1, 0.15) is 12.0 Å². The number of aliphatic carboxylic acids is 1. The summed E-state index contributed by atoms with van der Waals surface area (Å²) >= 11 is 0. The number of hydrogen-bond donors (Lipinski definition) is 1. The van der Waals surface area contributed by atoms with Crippen LogP contribution in [0.25, 0.3) is 0 Å². The van der Waals surface area contributed by atoms with Gasteiger partial charge in [-0.1, -0.05) is 30.4 Å². The highest BCUT2D eigenvalue weighted by molar-refractivity contribution is 7.89. The Morgan fingerprint density at radius 1 is 1.33 bits per heavy atom. The summed E-state index contributed by atoms with van der Waals surface area (Å²) in [7, 11) is -4.17. The Hall–Kier alpha value is -1.80. The fourth-order valence-corrected chi connectivity index (χ4v) is 3.71. The van der Waals surface area contributed by atoms with Gasteiger partial charge in [0.15, 0.2) is 0 Å². The number of hydrogen-bond acceptors (Lipinski definition) is 3. The lowest BCUT2D eigenvalue weighted by Crippen LogP contribution is -2.40. The molecule has 0 aromatic heterocycles. The van der Waals surface area contributed by atoms with E-state index < -0.39 is 38.8 Å². The van der Waals surface area contributed by atoms with Crippen LogP contribution in [-0.4, -0.2) is 36.9 Å². The Morgan fingerprint density at radius 2 is 2.00 bits per heavy atom. The van der Waals surface area contributed by atoms with Gasteiger partial charge in [-0.15, -0.1) is 0 Å². The molecule has 114 valence electrons. The van der Waals surface area contributed by atoms with Crippen LogP contribution in [0.5, 0.6) is 0 Å². The first kappa shape index (κ1) is 15.6. The van der Waals surface area contributed by atoms with Crippen molar-refractivity contribution in [3.63, 3.8) is 0 Å². The molecule has 0 amide bonds. The Morgan fingerprint density at radius 3 is 2.62 bits per heavy atom. The minimum atomic E-state index is -4.17. The maximum Gasteiger partial charge on any atom is 0.311 e. The van der Waals surface area contributed by atoms with E-state index in [9.17, 15) is 22.0 Å². The first-order chi connectivity index (χ1) is 9.84. The molecule has 8 heteroatoms. The quantitative estimate of drug-likeness (QED) is 0.861. The Balaban J connectivity index is 2.40. The Kier molecular flexibility index (Phi) is 4.38. The summed E-state index contributed by atoms with van der Waals surface area (Å²) in [5.74, 6) is -2.14. The first-order valence-electron chi connectivity index (χ1n) is 6.10. The lowest BCUT2D eigenvalue weighted by atomic mass is 10.1. The molecule has 0 fully saturated rings. The van der Waals surface area contributed by atoms with Gasteiger partial charge in [-0.05, 0) is 6.07 Å². The number of nitrogens with zero attached hydrogens (tertiary/aromatic N) is 1. The smallest absolute Gasteiger partial charge is 0.311 e. The molecule has 1 N–H and O–H groups in total. The molecule has 1 aromatic rings. The van der Waals surface area contributed by atoms with Gasteiger partial charge in [0, 0.05) is 18.7 Å². The van der Waals surface area contributed by atoms with Crippen molar-refractivity contribution in [1.82, 2.24) is 4.31 Å². The molecule has 21 heavy (non-hydrogen) atoms. The summed E-state index contributed by atoms with van der Waals surface area (Å²) in [5.41, 5.74) is -0.584. The summed E-state index contributed by atoms with van der Waals surface area (Å²) < 4.78 is 51.7. The third kappa shape index (κ3) is 3.11. The van der Waals surface area contributed by atoms with Crippen LogP contribution in [-0.2, 0) is 14.8 Å². The molecule has 1 unspecified atom stereocenters. The van der Waals surface area contributed by atoms with Crippen LogP contribution >= 0.6 is 0 Å². The number of sulfonamides is 1. The number of benzene rings is 1. The monoisotopic (exact) mass is 317 g/mol. The highest BCUT2D eigenvalue weighted by atomic mass is 32.2. The van der Waals surface area contributed by atoms with Crippen LogP contribution in [0.15, 0.2) is 41.3 Å². The summed E-state index contributed by atoms with van der Waals surface area (Å²) in [4.78, 5) is 10.5. The van der Waals surface area contributed by atoms with E-state index in [0.29, 0.717) is 0 Å². The number of alkyl halides is 2. The van der Waals surface area contributed by atoms with E-state index in [-0.39, 0.29) is 13.1 Å². The Bertz CT molecular complexity index is 673. The Labute approximate surface area is 120 Å². The van der Waals surface area contributed by atoms with E-state index in [1.807, 2.05) is 0 Å². The van der Waals surface area contributed by atoms with E-state index in [1.54, 1.807) is 0 Å². The van der Waals surface area contributed by atoms with E-state index in [4.69, 9.17) is 5.11 Å². The predicted octanol–water partition coefficient (Wildman–Crippen LogP) is 1.89. The molecule has 2 rings (SSSR count). The van der Waals surface area contributed by atoms with Crippen molar-refractivity contribution in [2.75, 3.05) is 13.1 Å². The van der Waals surface area contributed by atoms with Gasteiger partial charge in [-0.25, -0.2) is 17.2 Å². The molecule has 0 aliphatic carbocycles. The second-order valence-electron chi connectivity index (χ2n) is 4.53. The normalized spacial score (nSPS) is 19.9. The van der Waals surface area contributed by atoms with Crippen molar-refractivity contribution >= 4 is 16.0 Å². The van der Waals surface area contributed by atoms with E-state index in [0.717, 1.165) is 16.4 Å². The molecule has 1 aromatic carbocycles. The summed E-state index contributed by atoms with van der Waals surface area (Å²) in [5, 5.41) is 8.94. The van der Waals surface area contributed by atoms with Crippen molar-refractivity contribution in [2.45, 2.75) is 11.3 Å². The summed E-state index contributed by atoms with van der Waals surface area (Å²) in [6.45, 7) is -0.310. The van der Waals surface area contributed by atoms with Crippen LogP contribution in [0.2, 0.25) is 0 Å². The van der Waals surface area contributed by atoms with E-state index in [2.05, 4.69) is 0 Å². The molecule has 1 aliphatic rings. The molecule has 1 atom stereocenters. The van der Waals surface area contributed by atoms with Crippen molar-refractivity contribution < 1.29 is 27.1 Å². The van der Waals surface area contributed by atoms with Gasteiger partial charge in [-0.2, -0.15) is 4.31 Å². The van der Waals surface area contributed by atoms with Gasteiger partial charge in [0.1, 0.15) is 0 Å². The molecule has 0 saturated carbocycles. The van der Waals surface area contributed by atoms with E-state index >= 15 is 0 Å². The van der Waals surface area contributed by atoms with Crippen LogP contribution in [0.4, 0.5) is 8.78 Å². The lowest BCUT2D eigenvalue weighted by molar-refractivity contribution is -0.140. The number of halogens is 2. The molecule has 1 heterocycles. The second-order valence-corrected chi connectivity index (χ2v) is 6.44. The topological polar surface area (TPSA) is 74.7 Å². The van der Waals surface area contributed by atoms with Gasteiger partial charge in [0.25, 0.3) is 6.43 Å². The highest BCUT2D eigenvalue weighted by Crippen LogP contribution is 2.29. The van der Waals surface area contributed by atoms with Gasteiger partial charge in [-0.3, -0.25) is 4.79 Å². The lowest BCUT2D eigenvalue weighted by Gasteiger charge is -2.27. The van der Waals surface area contributed by atoms with Gasteiger partial charge < -0.3 is 5.11 Å². The zero-order valence-electron chi connectivity index (χ0n) is 10.8. The van der Waals surface area contributed by atoms with Crippen molar-refractivity contribution in [1.29, 1.82) is 0 Å². The summed E-state index contributed by atoms with van der Waals surface area (Å²) in [6.07, 6.45) is -0.121. The molecule has 0 spiro atoms. The van der Waals surface area contributed by atoms with Crippen LogP contribution < -0.4 is 0 Å². The van der Waals surface area contributed by atoms with Crippen molar-refractivity contribution in [2.24, 2.45) is 5.92 Å². The largest absolute Gasteiger partial charge is 0.481 e. The standard InChI is InChI=1S/C13H13F2NO4S/c14-12(15)10-5-1-2-6-11(10)21(19,20)16-7-3-4-9(8-16)13(17)18/h1-6,9,12H,7-8H2,(H,17,18). The molecule has 5 nitrogen and oxygen atoms in total. The maximum atomic E-state index is 12.9. The summed E-state index contributed by atoms with van der Waals surface area (Å²) in [6, 6.07) is 4.83. The average molecular weight is 317 g/mol. The molecule has 0 radical (unpaired) electrons. The number of carbonyl (C=O) groups is 1.